The molecule has 0 saturated heterocycles. The summed E-state index contributed by atoms with van der Waals surface area (Å²) < 4.78 is 18.2. The number of nitrogens with one attached hydrogen (secondary N) is 1. The van der Waals surface area contributed by atoms with Gasteiger partial charge < -0.3 is 10.1 Å². The molecule has 100 valence electrons. The predicted octanol–water partition coefficient (Wildman–Crippen LogP) is 3.43. The highest BCUT2D eigenvalue weighted by molar-refractivity contribution is 5.19. The van der Waals surface area contributed by atoms with E-state index in [-0.39, 0.29) is 11.9 Å². The van der Waals surface area contributed by atoms with Crippen LogP contribution in [0.25, 0.3) is 0 Å². The number of ether oxygens (including phenoxy) is 1. The van der Waals surface area contributed by atoms with Gasteiger partial charge in [0.15, 0.2) is 0 Å². The fourth-order valence-corrected chi connectivity index (χ4v) is 2.67. The molecular weight excluding hydrogens is 229 g/mol. The van der Waals surface area contributed by atoms with Gasteiger partial charge in [-0.05, 0) is 50.3 Å². The number of hydrogen-bond donors (Lipinski definition) is 1. The van der Waals surface area contributed by atoms with Crippen molar-refractivity contribution in [1.29, 1.82) is 0 Å². The molecule has 1 aromatic carbocycles. The summed E-state index contributed by atoms with van der Waals surface area (Å²) >= 11 is 0. The smallest absolute Gasteiger partial charge is 0.123 e. The van der Waals surface area contributed by atoms with Gasteiger partial charge >= 0.3 is 0 Å². The van der Waals surface area contributed by atoms with Crippen molar-refractivity contribution in [2.24, 2.45) is 0 Å². The molecule has 2 rings (SSSR count). The van der Waals surface area contributed by atoms with E-state index in [0.717, 1.165) is 31.2 Å². The van der Waals surface area contributed by atoms with Crippen LogP contribution in [0.15, 0.2) is 24.3 Å². The Morgan fingerprint density at radius 1 is 1.17 bits per heavy atom. The Kier molecular flexibility index (Phi) is 4.72. The Morgan fingerprint density at radius 2 is 1.78 bits per heavy atom. The summed E-state index contributed by atoms with van der Waals surface area (Å²) in [4.78, 5) is 0. The molecule has 0 heterocycles. The molecule has 0 aromatic heterocycles. The monoisotopic (exact) mass is 251 g/mol. The van der Waals surface area contributed by atoms with E-state index >= 15 is 0 Å². The summed E-state index contributed by atoms with van der Waals surface area (Å²) in [5.74, 6) is -0.174. The van der Waals surface area contributed by atoms with Crippen molar-refractivity contribution in [2.75, 3.05) is 7.11 Å². The first kappa shape index (κ1) is 13.5. The highest BCUT2D eigenvalue weighted by atomic mass is 19.1. The van der Waals surface area contributed by atoms with Gasteiger partial charge in [-0.15, -0.1) is 0 Å². The molecule has 1 atom stereocenters. The highest BCUT2D eigenvalue weighted by Gasteiger charge is 2.22. The number of hydrogen-bond acceptors (Lipinski definition) is 2. The predicted molar refractivity (Wildman–Crippen MR) is 71.0 cm³/mol. The van der Waals surface area contributed by atoms with E-state index in [1.165, 1.54) is 12.1 Å². The molecule has 1 unspecified atom stereocenters. The first-order valence-corrected chi connectivity index (χ1v) is 6.73. The molecule has 0 radical (unpaired) electrons. The van der Waals surface area contributed by atoms with Gasteiger partial charge in [-0.3, -0.25) is 0 Å². The number of rotatable bonds is 4. The quantitative estimate of drug-likeness (QED) is 0.885. The fourth-order valence-electron chi connectivity index (χ4n) is 2.67. The van der Waals surface area contributed by atoms with E-state index in [0.29, 0.717) is 12.1 Å². The standard InChI is InChI=1S/C15H22FNO/c1-11(12-3-5-13(16)6-4-12)17-14-7-9-15(18-2)10-8-14/h3-6,11,14-15,17H,7-10H2,1-2H3. The van der Waals surface area contributed by atoms with Crippen molar-refractivity contribution in [3.8, 4) is 0 Å². The van der Waals surface area contributed by atoms with Crippen LogP contribution < -0.4 is 5.32 Å². The molecule has 2 nitrogen and oxygen atoms in total. The second kappa shape index (κ2) is 6.30. The summed E-state index contributed by atoms with van der Waals surface area (Å²) in [5, 5.41) is 3.62. The van der Waals surface area contributed by atoms with Crippen molar-refractivity contribution in [3.05, 3.63) is 35.6 Å². The maximum atomic E-state index is 12.9. The van der Waals surface area contributed by atoms with Gasteiger partial charge in [0.05, 0.1) is 6.10 Å². The third-order valence-corrected chi connectivity index (χ3v) is 3.86. The van der Waals surface area contributed by atoms with E-state index in [1.54, 1.807) is 7.11 Å². The Morgan fingerprint density at radius 3 is 2.33 bits per heavy atom. The number of benzene rings is 1. The van der Waals surface area contributed by atoms with Gasteiger partial charge in [-0.25, -0.2) is 4.39 Å². The molecule has 1 N–H and O–H groups in total. The van der Waals surface area contributed by atoms with E-state index in [4.69, 9.17) is 4.74 Å². The third kappa shape index (κ3) is 3.53. The first-order chi connectivity index (χ1) is 8.69. The van der Waals surface area contributed by atoms with E-state index in [2.05, 4.69) is 12.2 Å². The Bertz CT molecular complexity index is 357. The van der Waals surface area contributed by atoms with Crippen LogP contribution in [0, 0.1) is 5.82 Å². The lowest BCUT2D eigenvalue weighted by Crippen LogP contribution is -2.36. The lowest BCUT2D eigenvalue weighted by Gasteiger charge is -2.30. The zero-order valence-corrected chi connectivity index (χ0v) is 11.2. The van der Waals surface area contributed by atoms with Crippen LogP contribution in [-0.4, -0.2) is 19.3 Å². The van der Waals surface area contributed by atoms with Crippen molar-refractivity contribution in [2.45, 2.75) is 50.8 Å². The van der Waals surface area contributed by atoms with Crippen molar-refractivity contribution in [3.63, 3.8) is 0 Å². The van der Waals surface area contributed by atoms with Gasteiger partial charge in [0, 0.05) is 19.2 Å². The van der Waals surface area contributed by atoms with Crippen LogP contribution in [0.2, 0.25) is 0 Å². The molecule has 1 saturated carbocycles. The Balaban J connectivity index is 1.84. The van der Waals surface area contributed by atoms with Crippen molar-refractivity contribution in [1.82, 2.24) is 5.32 Å². The van der Waals surface area contributed by atoms with Gasteiger partial charge in [0.25, 0.3) is 0 Å². The maximum absolute atomic E-state index is 12.9. The molecule has 0 amide bonds. The van der Waals surface area contributed by atoms with Crippen LogP contribution >= 0.6 is 0 Å². The zero-order chi connectivity index (χ0) is 13.0. The summed E-state index contributed by atoms with van der Waals surface area (Å²) in [6.45, 7) is 2.13. The van der Waals surface area contributed by atoms with Gasteiger partial charge in [-0.2, -0.15) is 0 Å². The molecular formula is C15H22FNO. The van der Waals surface area contributed by atoms with Gasteiger partial charge in [0.2, 0.25) is 0 Å². The summed E-state index contributed by atoms with van der Waals surface area (Å²) in [5.41, 5.74) is 1.14. The average Bonchev–Trinajstić information content (AvgIpc) is 2.40. The summed E-state index contributed by atoms with van der Waals surface area (Å²) in [6.07, 6.45) is 5.01. The second-order valence-electron chi connectivity index (χ2n) is 5.15. The molecule has 0 spiro atoms. The molecule has 1 aliphatic carbocycles. The highest BCUT2D eigenvalue weighted by Crippen LogP contribution is 2.23. The molecule has 3 heteroatoms. The van der Waals surface area contributed by atoms with Gasteiger partial charge in [0.1, 0.15) is 5.82 Å². The topological polar surface area (TPSA) is 21.3 Å². The minimum atomic E-state index is -0.174. The lowest BCUT2D eigenvalue weighted by molar-refractivity contribution is 0.0614. The normalized spacial score (nSPS) is 25.9. The molecule has 0 aliphatic heterocycles. The molecule has 0 bridgehead atoms. The summed E-state index contributed by atoms with van der Waals surface area (Å²) in [7, 11) is 1.79. The Hall–Kier alpha value is -0.930. The van der Waals surface area contributed by atoms with Crippen molar-refractivity contribution >= 4 is 0 Å². The minimum Gasteiger partial charge on any atom is -0.381 e. The lowest BCUT2D eigenvalue weighted by atomic mass is 9.92. The molecule has 18 heavy (non-hydrogen) atoms. The Labute approximate surface area is 109 Å². The number of methoxy groups -OCH3 is 1. The van der Waals surface area contributed by atoms with E-state index in [9.17, 15) is 4.39 Å². The van der Waals surface area contributed by atoms with Gasteiger partial charge in [-0.1, -0.05) is 12.1 Å². The fraction of sp³-hybridized carbons (Fsp3) is 0.600. The van der Waals surface area contributed by atoms with Crippen LogP contribution in [0.3, 0.4) is 0 Å². The van der Waals surface area contributed by atoms with Crippen LogP contribution in [-0.2, 0) is 4.74 Å². The molecule has 1 aliphatic rings. The third-order valence-electron chi connectivity index (χ3n) is 3.86. The van der Waals surface area contributed by atoms with Crippen LogP contribution in [0.1, 0.15) is 44.2 Å². The number of halogens is 1. The second-order valence-corrected chi connectivity index (χ2v) is 5.15. The molecule has 1 fully saturated rings. The van der Waals surface area contributed by atoms with Crippen molar-refractivity contribution < 1.29 is 9.13 Å². The first-order valence-electron chi connectivity index (χ1n) is 6.73. The van der Waals surface area contributed by atoms with E-state index in [1.807, 2.05) is 12.1 Å². The average molecular weight is 251 g/mol. The molecule has 1 aromatic rings. The largest absolute Gasteiger partial charge is 0.381 e. The van der Waals surface area contributed by atoms with E-state index < -0.39 is 0 Å². The SMILES string of the molecule is COC1CCC(NC(C)c2ccc(F)cc2)CC1. The van der Waals surface area contributed by atoms with Crippen LogP contribution in [0.5, 0.6) is 0 Å². The zero-order valence-electron chi connectivity index (χ0n) is 11.2. The minimum absolute atomic E-state index is 0.174. The van der Waals surface area contributed by atoms with Crippen LogP contribution in [0.4, 0.5) is 4.39 Å². The summed E-state index contributed by atoms with van der Waals surface area (Å²) in [6, 6.07) is 7.58. The maximum Gasteiger partial charge on any atom is 0.123 e.